The van der Waals surface area contributed by atoms with Crippen molar-refractivity contribution >= 4 is 18.0 Å². The fourth-order valence-electron chi connectivity index (χ4n) is 4.31. The van der Waals surface area contributed by atoms with Crippen molar-refractivity contribution in [3.05, 3.63) is 59.7 Å². The van der Waals surface area contributed by atoms with E-state index in [2.05, 4.69) is 34.9 Å². The van der Waals surface area contributed by atoms with E-state index in [-0.39, 0.29) is 57.1 Å². The van der Waals surface area contributed by atoms with E-state index in [9.17, 15) is 19.5 Å². The molecule has 1 aliphatic rings. The van der Waals surface area contributed by atoms with Crippen LogP contribution >= 0.6 is 0 Å². The van der Waals surface area contributed by atoms with Crippen molar-refractivity contribution in [1.29, 1.82) is 0 Å². The molecule has 0 spiro atoms. The second-order valence-corrected chi connectivity index (χ2v) is 9.08. The average molecular weight is 483 g/mol. The summed E-state index contributed by atoms with van der Waals surface area (Å²) in [7, 11) is 0. The van der Waals surface area contributed by atoms with E-state index in [1.54, 1.807) is 0 Å². The van der Waals surface area contributed by atoms with Crippen LogP contribution in [-0.2, 0) is 19.1 Å². The van der Waals surface area contributed by atoms with Crippen LogP contribution in [0.4, 0.5) is 4.79 Å². The molecule has 2 amide bonds. The molecule has 0 aromatic heterocycles. The van der Waals surface area contributed by atoms with Gasteiger partial charge in [0, 0.05) is 25.4 Å². The monoisotopic (exact) mass is 482 g/mol. The predicted octanol–water partition coefficient (Wildman–Crippen LogP) is 3.79. The molecule has 0 bridgehead atoms. The predicted molar refractivity (Wildman–Crippen MR) is 132 cm³/mol. The Morgan fingerprint density at radius 1 is 0.943 bits per heavy atom. The standard InChI is InChI=1S/C27H34N2O6/c1-18(2)15-19(26(31)32)16-29-25(30)11-13-34-14-12-28-27(33)35-17-24-22-9-5-3-7-20(22)21-8-4-6-10-23(21)24/h3-10,18-19,24H,11-17H2,1-2H3,(H,28,33)(H,29,30)(H,31,32). The maximum atomic E-state index is 12.1. The van der Waals surface area contributed by atoms with Gasteiger partial charge in [0.2, 0.25) is 5.91 Å². The maximum absolute atomic E-state index is 12.1. The topological polar surface area (TPSA) is 114 Å². The van der Waals surface area contributed by atoms with Gasteiger partial charge in [0.25, 0.3) is 0 Å². The minimum atomic E-state index is -0.908. The largest absolute Gasteiger partial charge is 0.481 e. The lowest BCUT2D eigenvalue weighted by molar-refractivity contribution is -0.142. The van der Waals surface area contributed by atoms with Gasteiger partial charge in [-0.15, -0.1) is 0 Å². The number of carbonyl (C=O) groups excluding carboxylic acids is 2. The van der Waals surface area contributed by atoms with Gasteiger partial charge in [-0.1, -0.05) is 62.4 Å². The van der Waals surface area contributed by atoms with Crippen molar-refractivity contribution in [2.24, 2.45) is 11.8 Å². The summed E-state index contributed by atoms with van der Waals surface area (Å²) in [6, 6.07) is 16.3. The van der Waals surface area contributed by atoms with E-state index in [0.717, 1.165) is 11.1 Å². The van der Waals surface area contributed by atoms with Crippen LogP contribution in [0.3, 0.4) is 0 Å². The number of rotatable bonds is 13. The summed E-state index contributed by atoms with van der Waals surface area (Å²) in [5.41, 5.74) is 4.66. The summed E-state index contributed by atoms with van der Waals surface area (Å²) >= 11 is 0. The van der Waals surface area contributed by atoms with Crippen LogP contribution in [0.1, 0.15) is 43.7 Å². The zero-order valence-electron chi connectivity index (χ0n) is 20.3. The van der Waals surface area contributed by atoms with E-state index in [0.29, 0.717) is 6.42 Å². The molecule has 2 aromatic carbocycles. The molecular weight excluding hydrogens is 448 g/mol. The molecular formula is C27H34N2O6. The number of hydrogen-bond acceptors (Lipinski definition) is 5. The molecule has 0 fully saturated rings. The molecule has 0 aliphatic heterocycles. The van der Waals surface area contributed by atoms with Crippen molar-refractivity contribution in [2.45, 2.75) is 32.6 Å². The van der Waals surface area contributed by atoms with Crippen LogP contribution in [0.5, 0.6) is 0 Å². The van der Waals surface area contributed by atoms with E-state index < -0.39 is 18.0 Å². The van der Waals surface area contributed by atoms with Gasteiger partial charge in [-0.2, -0.15) is 0 Å². The third kappa shape index (κ3) is 7.55. The Hall–Kier alpha value is -3.39. The first-order valence-corrected chi connectivity index (χ1v) is 12.0. The highest BCUT2D eigenvalue weighted by Gasteiger charge is 2.29. The fourth-order valence-corrected chi connectivity index (χ4v) is 4.31. The molecule has 1 atom stereocenters. The fraction of sp³-hybridized carbons (Fsp3) is 0.444. The zero-order chi connectivity index (χ0) is 25.2. The van der Waals surface area contributed by atoms with Crippen molar-refractivity contribution < 1.29 is 29.0 Å². The Morgan fingerprint density at radius 2 is 1.57 bits per heavy atom. The summed E-state index contributed by atoms with van der Waals surface area (Å²) in [4.78, 5) is 35.3. The first-order valence-electron chi connectivity index (χ1n) is 12.0. The first kappa shape index (κ1) is 26.2. The van der Waals surface area contributed by atoms with E-state index in [4.69, 9.17) is 9.47 Å². The number of ether oxygens (including phenoxy) is 2. The van der Waals surface area contributed by atoms with Gasteiger partial charge < -0.3 is 25.2 Å². The number of carboxylic acid groups (broad SMARTS) is 1. The molecule has 35 heavy (non-hydrogen) atoms. The lowest BCUT2D eigenvalue weighted by Crippen LogP contribution is -2.34. The Kier molecular flexibility index (Phi) is 9.66. The van der Waals surface area contributed by atoms with Crippen molar-refractivity contribution in [2.75, 3.05) is 32.9 Å². The second-order valence-electron chi connectivity index (χ2n) is 9.08. The van der Waals surface area contributed by atoms with E-state index in [1.807, 2.05) is 38.1 Å². The molecule has 0 heterocycles. The van der Waals surface area contributed by atoms with Crippen molar-refractivity contribution in [1.82, 2.24) is 10.6 Å². The summed E-state index contributed by atoms with van der Waals surface area (Å²) in [5, 5.41) is 14.5. The van der Waals surface area contributed by atoms with Crippen LogP contribution in [-0.4, -0.2) is 56.0 Å². The van der Waals surface area contributed by atoms with Crippen LogP contribution in [0.25, 0.3) is 11.1 Å². The Balaban J connectivity index is 1.30. The number of fused-ring (bicyclic) bond motifs is 3. The van der Waals surface area contributed by atoms with Crippen molar-refractivity contribution in [3.63, 3.8) is 0 Å². The smallest absolute Gasteiger partial charge is 0.407 e. The molecule has 8 nitrogen and oxygen atoms in total. The van der Waals surface area contributed by atoms with Crippen LogP contribution in [0, 0.1) is 11.8 Å². The number of nitrogens with one attached hydrogen (secondary N) is 2. The molecule has 2 aromatic rings. The highest BCUT2D eigenvalue weighted by atomic mass is 16.5. The quantitative estimate of drug-likeness (QED) is 0.374. The van der Waals surface area contributed by atoms with Gasteiger partial charge in [0.1, 0.15) is 6.61 Å². The van der Waals surface area contributed by atoms with E-state index in [1.165, 1.54) is 11.1 Å². The van der Waals surface area contributed by atoms with Gasteiger partial charge in [-0.3, -0.25) is 9.59 Å². The Labute approximate surface area is 206 Å². The molecule has 3 N–H and O–H groups in total. The minimum absolute atomic E-state index is 0.00387. The number of aliphatic carboxylic acids is 1. The molecule has 0 saturated carbocycles. The first-order chi connectivity index (χ1) is 16.9. The summed E-state index contributed by atoms with van der Waals surface area (Å²) in [5.74, 6) is -1.52. The number of hydrogen-bond donors (Lipinski definition) is 3. The van der Waals surface area contributed by atoms with Gasteiger partial charge in [0.15, 0.2) is 0 Å². The normalized spacial score (nSPS) is 13.1. The summed E-state index contributed by atoms with van der Waals surface area (Å²) in [6.07, 6.45) is 0.116. The average Bonchev–Trinajstić information content (AvgIpc) is 3.16. The number of alkyl carbamates (subject to hydrolysis) is 1. The van der Waals surface area contributed by atoms with E-state index >= 15 is 0 Å². The minimum Gasteiger partial charge on any atom is -0.481 e. The lowest BCUT2D eigenvalue weighted by Gasteiger charge is -2.15. The number of amides is 2. The number of benzene rings is 2. The SMILES string of the molecule is CC(C)CC(CNC(=O)CCOCCNC(=O)OCC1c2ccccc2-c2ccccc21)C(=O)O. The van der Waals surface area contributed by atoms with Crippen LogP contribution in [0.2, 0.25) is 0 Å². The van der Waals surface area contributed by atoms with Crippen molar-refractivity contribution in [3.8, 4) is 11.1 Å². The highest BCUT2D eigenvalue weighted by molar-refractivity contribution is 5.79. The van der Waals surface area contributed by atoms with Crippen LogP contribution < -0.4 is 10.6 Å². The highest BCUT2D eigenvalue weighted by Crippen LogP contribution is 2.44. The lowest BCUT2D eigenvalue weighted by atomic mass is 9.97. The third-order valence-electron chi connectivity index (χ3n) is 5.98. The van der Waals surface area contributed by atoms with Crippen LogP contribution in [0.15, 0.2) is 48.5 Å². The number of carboxylic acids is 1. The maximum Gasteiger partial charge on any atom is 0.407 e. The molecule has 188 valence electrons. The summed E-state index contributed by atoms with van der Waals surface area (Å²) < 4.78 is 10.9. The molecule has 8 heteroatoms. The molecule has 3 rings (SSSR count). The van der Waals surface area contributed by atoms with Gasteiger partial charge >= 0.3 is 12.1 Å². The van der Waals surface area contributed by atoms with Gasteiger partial charge in [-0.25, -0.2) is 4.79 Å². The molecule has 0 saturated heterocycles. The molecule has 1 aliphatic carbocycles. The number of carbonyl (C=O) groups is 3. The second kappa shape index (κ2) is 12.9. The summed E-state index contributed by atoms with van der Waals surface area (Å²) in [6.45, 7) is 4.92. The zero-order valence-corrected chi connectivity index (χ0v) is 20.3. The van der Waals surface area contributed by atoms with Gasteiger partial charge in [-0.05, 0) is 34.6 Å². The third-order valence-corrected chi connectivity index (χ3v) is 5.98. The Bertz CT molecular complexity index is 977. The Morgan fingerprint density at radius 3 is 2.17 bits per heavy atom. The molecule has 1 unspecified atom stereocenters. The van der Waals surface area contributed by atoms with Gasteiger partial charge in [0.05, 0.1) is 19.1 Å². The molecule has 0 radical (unpaired) electrons.